The Labute approximate surface area is 154 Å². The quantitative estimate of drug-likeness (QED) is 0.756. The van der Waals surface area contributed by atoms with Crippen molar-refractivity contribution in [1.82, 2.24) is 20.2 Å². The van der Waals surface area contributed by atoms with E-state index in [0.29, 0.717) is 24.7 Å². The average Bonchev–Trinajstić information content (AvgIpc) is 3.06. The first-order chi connectivity index (χ1) is 12.5. The topological polar surface area (TPSA) is 79.5 Å². The first kappa shape index (κ1) is 19.6. The maximum Gasteiger partial charge on any atom is 0.318 e. The van der Waals surface area contributed by atoms with E-state index in [1.165, 1.54) is 0 Å². The average molecular weight is 360 g/mol. The molecule has 0 saturated heterocycles. The molecule has 7 nitrogen and oxygen atoms in total. The molecule has 2 N–H and O–H groups in total. The highest BCUT2D eigenvalue weighted by atomic mass is 16.5. The fourth-order valence-electron chi connectivity index (χ4n) is 2.67. The summed E-state index contributed by atoms with van der Waals surface area (Å²) in [5.41, 5.74) is 1.94. The number of ether oxygens (including phenoxy) is 2. The Balaban J connectivity index is 2.03. The van der Waals surface area contributed by atoms with Crippen LogP contribution in [-0.2, 0) is 6.54 Å². The van der Waals surface area contributed by atoms with Crippen LogP contribution in [-0.4, -0.2) is 41.7 Å². The molecule has 0 aliphatic rings. The van der Waals surface area contributed by atoms with Gasteiger partial charge < -0.3 is 24.7 Å². The summed E-state index contributed by atoms with van der Waals surface area (Å²) < 4.78 is 10.9. The summed E-state index contributed by atoms with van der Waals surface area (Å²) in [6.07, 6.45) is 2.52. The van der Waals surface area contributed by atoms with Crippen LogP contribution in [0.2, 0.25) is 0 Å². The lowest BCUT2D eigenvalue weighted by molar-refractivity contribution is 0.201. The number of urea groups is 1. The number of hydrogen-bond acceptors (Lipinski definition) is 4. The molecule has 0 radical (unpaired) electrons. The molecule has 1 atom stereocenters. The van der Waals surface area contributed by atoms with E-state index in [4.69, 9.17) is 9.47 Å². The molecule has 26 heavy (non-hydrogen) atoms. The summed E-state index contributed by atoms with van der Waals surface area (Å²) in [5, 5.41) is 3.02. The van der Waals surface area contributed by atoms with E-state index in [2.05, 4.69) is 15.3 Å². The Morgan fingerprint density at radius 2 is 2.12 bits per heavy atom. The summed E-state index contributed by atoms with van der Waals surface area (Å²) in [7, 11) is 3.37. The van der Waals surface area contributed by atoms with Gasteiger partial charge in [-0.15, -0.1) is 0 Å². The van der Waals surface area contributed by atoms with E-state index in [9.17, 15) is 4.79 Å². The Morgan fingerprint density at radius 1 is 1.35 bits per heavy atom. The number of aromatic amines is 1. The third-order valence-electron chi connectivity index (χ3n) is 4.05. The molecule has 0 unspecified atom stereocenters. The molecule has 0 bridgehead atoms. The minimum atomic E-state index is -0.153. The molecule has 0 spiro atoms. The molecule has 0 saturated carbocycles. The van der Waals surface area contributed by atoms with Crippen LogP contribution in [0.15, 0.2) is 24.4 Å². The van der Waals surface area contributed by atoms with Gasteiger partial charge in [0.05, 0.1) is 19.8 Å². The fourth-order valence-corrected chi connectivity index (χ4v) is 2.67. The maximum absolute atomic E-state index is 12.5. The number of imidazole rings is 1. The van der Waals surface area contributed by atoms with Crippen LogP contribution in [0.4, 0.5) is 4.79 Å². The van der Waals surface area contributed by atoms with Crippen molar-refractivity contribution in [2.75, 3.05) is 20.8 Å². The number of nitrogens with one attached hydrogen (secondary N) is 2. The molecule has 2 aromatic rings. The van der Waals surface area contributed by atoms with E-state index >= 15 is 0 Å². The normalized spacial score (nSPS) is 11.7. The van der Waals surface area contributed by atoms with Crippen molar-refractivity contribution in [2.45, 2.75) is 39.8 Å². The van der Waals surface area contributed by atoms with Crippen molar-refractivity contribution < 1.29 is 14.3 Å². The molecular weight excluding hydrogens is 332 g/mol. The van der Waals surface area contributed by atoms with Crippen molar-refractivity contribution in [3.05, 3.63) is 41.5 Å². The largest absolute Gasteiger partial charge is 0.493 e. The SMILES string of the molecule is CCOc1cc(CN(C)C(=O)N[C@H](CC)c2ncc(C)[nH]2)ccc1OC. The lowest BCUT2D eigenvalue weighted by Gasteiger charge is -2.22. The van der Waals surface area contributed by atoms with Gasteiger partial charge in [0.25, 0.3) is 0 Å². The van der Waals surface area contributed by atoms with Gasteiger partial charge in [0.2, 0.25) is 0 Å². The van der Waals surface area contributed by atoms with Gasteiger partial charge >= 0.3 is 6.03 Å². The second-order valence-corrected chi connectivity index (χ2v) is 6.14. The zero-order chi connectivity index (χ0) is 19.1. The first-order valence-electron chi connectivity index (χ1n) is 8.81. The molecule has 2 amide bonds. The van der Waals surface area contributed by atoms with E-state index < -0.39 is 0 Å². The van der Waals surface area contributed by atoms with Crippen molar-refractivity contribution in [3.8, 4) is 11.5 Å². The number of hydrogen-bond donors (Lipinski definition) is 2. The summed E-state index contributed by atoms with van der Waals surface area (Å²) in [5.74, 6) is 2.13. The lowest BCUT2D eigenvalue weighted by atomic mass is 10.2. The Bertz CT molecular complexity index is 729. The first-order valence-corrected chi connectivity index (χ1v) is 8.81. The molecule has 1 aromatic heterocycles. The van der Waals surface area contributed by atoms with E-state index in [0.717, 1.165) is 23.5 Å². The highest BCUT2D eigenvalue weighted by Crippen LogP contribution is 2.28. The standard InChI is InChI=1S/C19H28N4O3/c1-6-15(18-20-11-13(3)21-18)22-19(24)23(4)12-14-8-9-16(25-5)17(10-14)26-7-2/h8-11,15H,6-7,12H2,1-5H3,(H,20,21)(H,22,24)/t15-/m1/s1. The smallest absolute Gasteiger partial charge is 0.318 e. The maximum atomic E-state index is 12.5. The minimum Gasteiger partial charge on any atom is -0.493 e. The third kappa shape index (κ3) is 4.91. The molecule has 2 rings (SSSR count). The molecular formula is C19H28N4O3. The Morgan fingerprint density at radius 3 is 2.69 bits per heavy atom. The van der Waals surface area contributed by atoms with Crippen LogP contribution in [0.5, 0.6) is 11.5 Å². The number of carbonyl (C=O) groups excluding carboxylic acids is 1. The van der Waals surface area contributed by atoms with Crippen LogP contribution in [0.1, 0.15) is 43.4 Å². The highest BCUT2D eigenvalue weighted by molar-refractivity contribution is 5.74. The predicted octanol–water partition coefficient (Wildman–Crippen LogP) is 3.42. The van der Waals surface area contributed by atoms with E-state index in [1.54, 1.807) is 25.3 Å². The molecule has 1 heterocycles. The van der Waals surface area contributed by atoms with Crippen LogP contribution in [0.3, 0.4) is 0 Å². The van der Waals surface area contributed by atoms with Gasteiger partial charge in [0.1, 0.15) is 5.82 Å². The number of nitrogens with zero attached hydrogens (tertiary/aromatic N) is 2. The third-order valence-corrected chi connectivity index (χ3v) is 4.05. The van der Waals surface area contributed by atoms with Crippen LogP contribution in [0, 0.1) is 6.92 Å². The van der Waals surface area contributed by atoms with Gasteiger partial charge in [0, 0.05) is 25.5 Å². The van der Waals surface area contributed by atoms with Gasteiger partial charge in [-0.3, -0.25) is 0 Å². The molecule has 1 aromatic carbocycles. The van der Waals surface area contributed by atoms with Crippen molar-refractivity contribution >= 4 is 6.03 Å². The summed E-state index contributed by atoms with van der Waals surface area (Å²) in [6.45, 7) is 6.89. The van der Waals surface area contributed by atoms with Crippen LogP contribution < -0.4 is 14.8 Å². The Hall–Kier alpha value is -2.70. The van der Waals surface area contributed by atoms with Gasteiger partial charge in [0.15, 0.2) is 11.5 Å². The van der Waals surface area contributed by atoms with Gasteiger partial charge in [-0.2, -0.15) is 0 Å². The molecule has 0 fully saturated rings. The number of amides is 2. The number of methoxy groups -OCH3 is 1. The number of benzene rings is 1. The van der Waals surface area contributed by atoms with Crippen LogP contribution in [0.25, 0.3) is 0 Å². The fraction of sp³-hybridized carbons (Fsp3) is 0.474. The van der Waals surface area contributed by atoms with Crippen LogP contribution >= 0.6 is 0 Å². The molecule has 0 aliphatic carbocycles. The van der Waals surface area contributed by atoms with Crippen molar-refractivity contribution in [3.63, 3.8) is 0 Å². The van der Waals surface area contributed by atoms with Gasteiger partial charge in [-0.1, -0.05) is 13.0 Å². The number of carbonyl (C=O) groups is 1. The summed E-state index contributed by atoms with van der Waals surface area (Å²) in [4.78, 5) is 21.7. The van der Waals surface area contributed by atoms with Crippen molar-refractivity contribution in [2.24, 2.45) is 0 Å². The Kier molecular flexibility index (Phi) is 6.89. The second kappa shape index (κ2) is 9.12. The molecule has 142 valence electrons. The summed E-state index contributed by atoms with van der Waals surface area (Å²) in [6, 6.07) is 5.39. The zero-order valence-corrected chi connectivity index (χ0v) is 16.1. The van der Waals surface area contributed by atoms with Gasteiger partial charge in [-0.25, -0.2) is 9.78 Å². The molecule has 7 heteroatoms. The number of aryl methyl sites for hydroxylation is 1. The monoisotopic (exact) mass is 360 g/mol. The van der Waals surface area contributed by atoms with Gasteiger partial charge in [-0.05, 0) is 38.0 Å². The number of H-pyrrole nitrogens is 1. The van der Waals surface area contributed by atoms with E-state index in [-0.39, 0.29) is 12.1 Å². The predicted molar refractivity (Wildman–Crippen MR) is 101 cm³/mol. The molecule has 0 aliphatic heterocycles. The number of aromatic nitrogens is 2. The zero-order valence-electron chi connectivity index (χ0n) is 16.1. The lowest BCUT2D eigenvalue weighted by Crippen LogP contribution is -2.39. The minimum absolute atomic E-state index is 0.145. The number of rotatable bonds is 8. The van der Waals surface area contributed by atoms with E-state index in [1.807, 2.05) is 39.0 Å². The van der Waals surface area contributed by atoms with Crippen molar-refractivity contribution in [1.29, 1.82) is 0 Å². The summed E-state index contributed by atoms with van der Waals surface area (Å²) >= 11 is 0. The second-order valence-electron chi connectivity index (χ2n) is 6.14. The highest BCUT2D eigenvalue weighted by Gasteiger charge is 2.18.